The Hall–Kier alpha value is -1.45. The lowest BCUT2D eigenvalue weighted by molar-refractivity contribution is 0.0497. The summed E-state index contributed by atoms with van der Waals surface area (Å²) in [5.74, 6) is -2.58. The molecule has 0 unspecified atom stereocenters. The van der Waals surface area contributed by atoms with Crippen LogP contribution in [0.4, 0.5) is 8.78 Å². The number of benzene rings is 1. The number of esters is 1. The molecule has 0 atom stereocenters. The summed E-state index contributed by atoms with van der Waals surface area (Å²) in [6.07, 6.45) is 23.6. The number of carbonyl (C=O) groups is 1. The minimum absolute atomic E-state index is 0.0568. The van der Waals surface area contributed by atoms with Crippen molar-refractivity contribution in [1.82, 2.24) is 0 Å². The van der Waals surface area contributed by atoms with Crippen molar-refractivity contribution in [3.63, 3.8) is 0 Å². The molecule has 4 heteroatoms. The Kier molecular flexibility index (Phi) is 17.1. The molecule has 0 saturated heterocycles. The zero-order valence-electron chi connectivity index (χ0n) is 19.7. The predicted octanol–water partition coefficient (Wildman–Crippen LogP) is 9.16. The van der Waals surface area contributed by atoms with Gasteiger partial charge in [-0.25, -0.2) is 13.6 Å². The lowest BCUT2D eigenvalue weighted by atomic mass is 10.0. The molecule has 0 aliphatic carbocycles. The highest BCUT2D eigenvalue weighted by atomic mass is 19.2. The van der Waals surface area contributed by atoms with E-state index in [4.69, 9.17) is 4.74 Å². The van der Waals surface area contributed by atoms with Gasteiger partial charge in [-0.05, 0) is 24.6 Å². The molecule has 1 aromatic rings. The molecule has 0 spiro atoms. The lowest BCUT2D eigenvalue weighted by Crippen LogP contribution is -2.07. The van der Waals surface area contributed by atoms with Gasteiger partial charge in [-0.15, -0.1) is 0 Å². The van der Waals surface area contributed by atoms with Crippen LogP contribution in [0.3, 0.4) is 0 Å². The Labute approximate surface area is 189 Å². The van der Waals surface area contributed by atoms with Gasteiger partial charge in [-0.1, -0.05) is 116 Å². The van der Waals surface area contributed by atoms with Gasteiger partial charge in [-0.3, -0.25) is 0 Å². The summed E-state index contributed by atoms with van der Waals surface area (Å²) in [5.41, 5.74) is 0.0568. The molecule has 0 amide bonds. The minimum atomic E-state index is -1.03. The largest absolute Gasteiger partial charge is 0.462 e. The molecule has 31 heavy (non-hydrogen) atoms. The van der Waals surface area contributed by atoms with E-state index in [9.17, 15) is 13.6 Å². The average molecular weight is 439 g/mol. The Bertz CT molecular complexity index is 574. The Morgan fingerprint density at radius 1 is 0.645 bits per heavy atom. The van der Waals surface area contributed by atoms with Gasteiger partial charge in [0.25, 0.3) is 0 Å². The van der Waals surface area contributed by atoms with Gasteiger partial charge in [-0.2, -0.15) is 0 Å². The second-order valence-electron chi connectivity index (χ2n) is 8.78. The summed E-state index contributed by atoms with van der Waals surface area (Å²) in [6.45, 7) is 2.60. The molecular weight excluding hydrogens is 394 g/mol. The van der Waals surface area contributed by atoms with Gasteiger partial charge in [0.05, 0.1) is 12.2 Å². The molecule has 0 fully saturated rings. The van der Waals surface area contributed by atoms with E-state index in [0.29, 0.717) is 6.61 Å². The fourth-order valence-corrected chi connectivity index (χ4v) is 3.88. The quantitative estimate of drug-likeness (QED) is 0.150. The number of unbranched alkanes of at least 4 members (excludes halogenated alkanes) is 17. The van der Waals surface area contributed by atoms with Crippen LogP contribution in [0.1, 0.15) is 133 Å². The van der Waals surface area contributed by atoms with Gasteiger partial charge in [0.15, 0.2) is 11.6 Å². The highest BCUT2D eigenvalue weighted by molar-refractivity contribution is 5.89. The number of hydrogen-bond donors (Lipinski definition) is 0. The van der Waals surface area contributed by atoms with Crippen LogP contribution in [0.15, 0.2) is 18.2 Å². The summed E-state index contributed by atoms with van der Waals surface area (Å²) in [5, 5.41) is 0. The predicted molar refractivity (Wildman–Crippen MR) is 125 cm³/mol. The van der Waals surface area contributed by atoms with Crippen LogP contribution >= 0.6 is 0 Å². The highest BCUT2D eigenvalue weighted by Crippen LogP contribution is 2.15. The van der Waals surface area contributed by atoms with Crippen molar-refractivity contribution in [2.24, 2.45) is 0 Å². The van der Waals surface area contributed by atoms with Crippen molar-refractivity contribution in [3.8, 4) is 0 Å². The van der Waals surface area contributed by atoms with Crippen molar-refractivity contribution >= 4 is 5.97 Å². The van der Waals surface area contributed by atoms with E-state index in [2.05, 4.69) is 6.92 Å². The first-order chi connectivity index (χ1) is 15.1. The van der Waals surface area contributed by atoms with E-state index in [1.807, 2.05) is 0 Å². The molecular formula is C27H44F2O2. The van der Waals surface area contributed by atoms with E-state index < -0.39 is 17.6 Å². The number of carbonyl (C=O) groups excluding carboxylic acids is 1. The third-order valence-corrected chi connectivity index (χ3v) is 5.89. The topological polar surface area (TPSA) is 26.3 Å². The van der Waals surface area contributed by atoms with E-state index in [-0.39, 0.29) is 5.56 Å². The first kappa shape index (κ1) is 27.6. The van der Waals surface area contributed by atoms with Crippen LogP contribution in [-0.4, -0.2) is 12.6 Å². The Balaban J connectivity index is 1.80. The normalized spacial score (nSPS) is 11.1. The van der Waals surface area contributed by atoms with Crippen molar-refractivity contribution in [2.75, 3.05) is 6.61 Å². The van der Waals surface area contributed by atoms with Gasteiger partial charge < -0.3 is 4.74 Å². The fraction of sp³-hybridized carbons (Fsp3) is 0.741. The first-order valence-electron chi connectivity index (χ1n) is 12.8. The molecule has 2 nitrogen and oxygen atoms in total. The molecule has 178 valence electrons. The van der Waals surface area contributed by atoms with Gasteiger partial charge in [0.1, 0.15) is 0 Å². The maximum Gasteiger partial charge on any atom is 0.338 e. The van der Waals surface area contributed by atoms with Crippen LogP contribution in [0.2, 0.25) is 0 Å². The Morgan fingerprint density at radius 2 is 1.06 bits per heavy atom. The van der Waals surface area contributed by atoms with E-state index in [0.717, 1.165) is 31.4 Å². The second-order valence-corrected chi connectivity index (χ2v) is 8.78. The van der Waals surface area contributed by atoms with Crippen LogP contribution in [0, 0.1) is 11.6 Å². The standard InChI is InChI=1S/C27H44F2O2/c1-2-3-4-5-6-7-8-9-10-11-12-13-14-15-16-17-18-19-22-31-27(30)24-20-21-25(28)26(29)23-24/h20-21,23H,2-19,22H2,1H3. The summed E-state index contributed by atoms with van der Waals surface area (Å²) < 4.78 is 31.1. The maximum atomic E-state index is 13.1. The molecule has 0 aliphatic heterocycles. The second kappa shape index (κ2) is 19.3. The number of rotatable bonds is 20. The van der Waals surface area contributed by atoms with E-state index in [1.54, 1.807) is 0 Å². The molecule has 0 radical (unpaired) electrons. The van der Waals surface area contributed by atoms with Crippen molar-refractivity contribution < 1.29 is 18.3 Å². The fourth-order valence-electron chi connectivity index (χ4n) is 3.88. The zero-order valence-corrected chi connectivity index (χ0v) is 19.7. The van der Waals surface area contributed by atoms with Gasteiger partial charge in [0.2, 0.25) is 0 Å². The SMILES string of the molecule is CCCCCCCCCCCCCCCCCCCCOC(=O)c1ccc(F)c(F)c1. The van der Waals surface area contributed by atoms with E-state index >= 15 is 0 Å². The summed E-state index contributed by atoms with van der Waals surface area (Å²) >= 11 is 0. The van der Waals surface area contributed by atoms with Crippen LogP contribution in [0.25, 0.3) is 0 Å². The van der Waals surface area contributed by atoms with Crippen LogP contribution in [-0.2, 0) is 4.74 Å². The molecule has 0 bridgehead atoms. The molecule has 0 N–H and O–H groups in total. The monoisotopic (exact) mass is 438 g/mol. The molecule has 1 rings (SSSR count). The van der Waals surface area contributed by atoms with Crippen molar-refractivity contribution in [3.05, 3.63) is 35.4 Å². The smallest absolute Gasteiger partial charge is 0.338 e. The molecule has 0 aromatic heterocycles. The van der Waals surface area contributed by atoms with Crippen molar-refractivity contribution in [2.45, 2.75) is 122 Å². The Morgan fingerprint density at radius 3 is 1.48 bits per heavy atom. The number of halogens is 2. The van der Waals surface area contributed by atoms with Gasteiger partial charge >= 0.3 is 5.97 Å². The highest BCUT2D eigenvalue weighted by Gasteiger charge is 2.10. The lowest BCUT2D eigenvalue weighted by Gasteiger charge is -2.06. The third-order valence-electron chi connectivity index (χ3n) is 5.89. The summed E-state index contributed by atoms with van der Waals surface area (Å²) in [6, 6.07) is 3.08. The molecule has 0 heterocycles. The summed E-state index contributed by atoms with van der Waals surface area (Å²) in [4.78, 5) is 11.8. The first-order valence-corrected chi connectivity index (χ1v) is 12.8. The number of ether oxygens (including phenoxy) is 1. The van der Waals surface area contributed by atoms with Crippen LogP contribution < -0.4 is 0 Å². The molecule has 0 saturated carbocycles. The van der Waals surface area contributed by atoms with E-state index in [1.165, 1.54) is 102 Å². The zero-order chi connectivity index (χ0) is 22.6. The third kappa shape index (κ3) is 15.1. The molecule has 1 aromatic carbocycles. The summed E-state index contributed by atoms with van der Waals surface area (Å²) in [7, 11) is 0. The molecule has 0 aliphatic rings. The van der Waals surface area contributed by atoms with Crippen molar-refractivity contribution in [1.29, 1.82) is 0 Å². The minimum Gasteiger partial charge on any atom is -0.462 e. The van der Waals surface area contributed by atoms with Gasteiger partial charge in [0, 0.05) is 0 Å². The number of hydrogen-bond acceptors (Lipinski definition) is 2. The maximum absolute atomic E-state index is 13.1. The van der Waals surface area contributed by atoms with Crippen LogP contribution in [0.5, 0.6) is 0 Å². The average Bonchev–Trinajstić information content (AvgIpc) is 2.77.